The molecule has 0 spiro atoms. The van der Waals surface area contributed by atoms with Crippen molar-refractivity contribution in [1.82, 2.24) is 5.32 Å². The third-order valence-electron chi connectivity index (χ3n) is 2.65. The number of nitrogens with one attached hydrogen (secondary N) is 1. The number of terminal acetylenes is 1. The van der Waals surface area contributed by atoms with E-state index in [2.05, 4.69) is 11.2 Å². The second kappa shape index (κ2) is 5.11. The minimum Gasteiger partial charge on any atom is -0.295 e. The number of benzene rings is 1. The van der Waals surface area contributed by atoms with E-state index in [0.717, 1.165) is 5.56 Å². The van der Waals surface area contributed by atoms with E-state index in [0.29, 0.717) is 0 Å². The fraction of sp³-hybridized carbons (Fsp3) is 0.385. The molecule has 0 radical (unpaired) electrons. The number of hydrogen-bond acceptors (Lipinski definition) is 3. The summed E-state index contributed by atoms with van der Waals surface area (Å²) in [5.74, 6) is 2.65. The molecule has 98 valence electrons. The van der Waals surface area contributed by atoms with Gasteiger partial charge in [-0.2, -0.15) is 0 Å². The molecule has 1 unspecified atom stereocenters. The summed E-state index contributed by atoms with van der Waals surface area (Å²) in [6, 6.07) is 6.46. The van der Waals surface area contributed by atoms with Crippen molar-refractivity contribution in [3.05, 3.63) is 29.8 Å². The Morgan fingerprint density at radius 2 is 1.83 bits per heavy atom. The van der Waals surface area contributed by atoms with Crippen molar-refractivity contribution in [3.8, 4) is 12.3 Å². The topological polar surface area (TPSA) is 72.2 Å². The molecule has 0 aliphatic rings. The van der Waals surface area contributed by atoms with Crippen molar-refractivity contribution in [2.75, 3.05) is 0 Å². The van der Waals surface area contributed by atoms with E-state index >= 15 is 0 Å². The van der Waals surface area contributed by atoms with Crippen molar-refractivity contribution in [3.63, 3.8) is 0 Å². The van der Waals surface area contributed by atoms with Gasteiger partial charge in [0.1, 0.15) is 0 Å². The number of rotatable bonds is 4. The quantitative estimate of drug-likeness (QED) is 0.809. The Morgan fingerprint density at radius 1 is 1.33 bits per heavy atom. The minimum atomic E-state index is -3.64. The van der Waals surface area contributed by atoms with Gasteiger partial charge in [-0.25, -0.2) is 13.6 Å². The summed E-state index contributed by atoms with van der Waals surface area (Å²) < 4.78 is 22.2. The van der Waals surface area contributed by atoms with Gasteiger partial charge in [0, 0.05) is 6.04 Å². The molecule has 0 aliphatic carbocycles. The molecule has 1 atom stereocenters. The zero-order valence-electron chi connectivity index (χ0n) is 10.8. The molecular weight excluding hydrogens is 248 g/mol. The normalized spacial score (nSPS) is 13.9. The number of hydrogen-bond donors (Lipinski definition) is 2. The lowest BCUT2D eigenvalue weighted by molar-refractivity contribution is 0.431. The molecule has 0 saturated carbocycles. The fourth-order valence-corrected chi connectivity index (χ4v) is 2.13. The van der Waals surface area contributed by atoms with Crippen molar-refractivity contribution in [2.24, 2.45) is 5.14 Å². The molecule has 0 heterocycles. The van der Waals surface area contributed by atoms with Gasteiger partial charge in [0.15, 0.2) is 0 Å². The zero-order chi connectivity index (χ0) is 14.0. The average molecular weight is 266 g/mol. The Morgan fingerprint density at radius 3 is 2.22 bits per heavy atom. The Balaban J connectivity index is 2.90. The Hall–Kier alpha value is -1.35. The molecule has 4 nitrogen and oxygen atoms in total. The van der Waals surface area contributed by atoms with Crippen molar-refractivity contribution < 1.29 is 8.42 Å². The van der Waals surface area contributed by atoms with Crippen LogP contribution >= 0.6 is 0 Å². The van der Waals surface area contributed by atoms with Crippen LogP contribution in [-0.4, -0.2) is 14.0 Å². The van der Waals surface area contributed by atoms with Crippen LogP contribution in [0.15, 0.2) is 29.2 Å². The second-order valence-electron chi connectivity index (χ2n) is 4.75. The van der Waals surface area contributed by atoms with Gasteiger partial charge in [0.25, 0.3) is 0 Å². The highest BCUT2D eigenvalue weighted by molar-refractivity contribution is 7.89. The molecular formula is C13H18N2O2S. The highest BCUT2D eigenvalue weighted by Crippen LogP contribution is 2.18. The molecule has 3 N–H and O–H groups in total. The van der Waals surface area contributed by atoms with E-state index in [9.17, 15) is 8.42 Å². The monoisotopic (exact) mass is 266 g/mol. The molecule has 0 saturated heterocycles. The largest absolute Gasteiger partial charge is 0.295 e. The molecule has 1 rings (SSSR count). The third kappa shape index (κ3) is 3.84. The first-order valence-corrected chi connectivity index (χ1v) is 7.08. The van der Waals surface area contributed by atoms with Gasteiger partial charge in [0.2, 0.25) is 10.0 Å². The summed E-state index contributed by atoms with van der Waals surface area (Å²) >= 11 is 0. The van der Waals surface area contributed by atoms with E-state index in [-0.39, 0.29) is 10.9 Å². The van der Waals surface area contributed by atoms with E-state index in [1.165, 1.54) is 12.1 Å². The van der Waals surface area contributed by atoms with Crippen LogP contribution in [0.25, 0.3) is 0 Å². The SMILES string of the molecule is C#CC(C)(C)NC(C)c1ccc(S(N)(=O)=O)cc1. The summed E-state index contributed by atoms with van der Waals surface area (Å²) in [4.78, 5) is 0.106. The number of sulfonamides is 1. The minimum absolute atomic E-state index is 0.0191. The molecule has 0 bridgehead atoms. The van der Waals surface area contributed by atoms with Crippen LogP contribution in [0.4, 0.5) is 0 Å². The van der Waals surface area contributed by atoms with Crippen molar-refractivity contribution in [1.29, 1.82) is 0 Å². The first-order valence-electron chi connectivity index (χ1n) is 5.54. The standard InChI is InChI=1S/C13H18N2O2S/c1-5-13(3,4)15-10(2)11-6-8-12(9-7-11)18(14,16)17/h1,6-10,15H,2-4H3,(H2,14,16,17). The van der Waals surface area contributed by atoms with Crippen LogP contribution < -0.4 is 10.5 Å². The van der Waals surface area contributed by atoms with Crippen LogP contribution in [0.3, 0.4) is 0 Å². The van der Waals surface area contributed by atoms with Gasteiger partial charge in [-0.15, -0.1) is 6.42 Å². The maximum Gasteiger partial charge on any atom is 0.238 e. The summed E-state index contributed by atoms with van der Waals surface area (Å²) in [5, 5.41) is 8.30. The van der Waals surface area contributed by atoms with E-state index in [1.54, 1.807) is 12.1 Å². The van der Waals surface area contributed by atoms with Crippen LogP contribution in [0.1, 0.15) is 32.4 Å². The van der Waals surface area contributed by atoms with Gasteiger partial charge in [0.05, 0.1) is 10.4 Å². The van der Waals surface area contributed by atoms with E-state index in [4.69, 9.17) is 11.6 Å². The predicted molar refractivity (Wildman–Crippen MR) is 72.3 cm³/mol. The van der Waals surface area contributed by atoms with Crippen molar-refractivity contribution in [2.45, 2.75) is 37.2 Å². The Kier molecular flexibility index (Phi) is 4.17. The van der Waals surface area contributed by atoms with Crippen molar-refractivity contribution >= 4 is 10.0 Å². The number of nitrogens with two attached hydrogens (primary N) is 1. The Bertz CT molecular complexity index is 554. The molecule has 0 aliphatic heterocycles. The van der Waals surface area contributed by atoms with Gasteiger partial charge < -0.3 is 0 Å². The predicted octanol–water partition coefficient (Wildman–Crippen LogP) is 1.40. The molecule has 1 aromatic carbocycles. The van der Waals surface area contributed by atoms with Gasteiger partial charge in [-0.1, -0.05) is 18.1 Å². The average Bonchev–Trinajstić information content (AvgIpc) is 2.27. The molecule has 5 heteroatoms. The summed E-state index contributed by atoms with van der Waals surface area (Å²) in [6.45, 7) is 5.77. The second-order valence-corrected chi connectivity index (χ2v) is 6.31. The Labute approximate surface area is 109 Å². The summed E-state index contributed by atoms with van der Waals surface area (Å²) in [7, 11) is -3.64. The highest BCUT2D eigenvalue weighted by atomic mass is 32.2. The first-order chi connectivity index (χ1) is 8.15. The molecule has 0 fully saturated rings. The molecule has 18 heavy (non-hydrogen) atoms. The summed E-state index contributed by atoms with van der Waals surface area (Å²) in [6.07, 6.45) is 5.41. The highest BCUT2D eigenvalue weighted by Gasteiger charge is 2.18. The number of primary sulfonamides is 1. The maximum atomic E-state index is 11.1. The maximum absolute atomic E-state index is 11.1. The van der Waals surface area contributed by atoms with Gasteiger partial charge in [-0.05, 0) is 38.5 Å². The molecule has 0 amide bonds. The lowest BCUT2D eigenvalue weighted by Gasteiger charge is -2.25. The van der Waals surface area contributed by atoms with Gasteiger partial charge >= 0.3 is 0 Å². The van der Waals surface area contributed by atoms with Crippen LogP contribution in [0.2, 0.25) is 0 Å². The smallest absolute Gasteiger partial charge is 0.238 e. The lowest BCUT2D eigenvalue weighted by Crippen LogP contribution is -2.39. The molecule has 0 aromatic heterocycles. The van der Waals surface area contributed by atoms with Gasteiger partial charge in [-0.3, -0.25) is 5.32 Å². The van der Waals surface area contributed by atoms with E-state index < -0.39 is 15.6 Å². The van der Waals surface area contributed by atoms with Crippen LogP contribution in [-0.2, 0) is 10.0 Å². The first kappa shape index (κ1) is 14.7. The lowest BCUT2D eigenvalue weighted by atomic mass is 10.0. The fourth-order valence-electron chi connectivity index (χ4n) is 1.61. The zero-order valence-corrected chi connectivity index (χ0v) is 11.6. The van der Waals surface area contributed by atoms with Crippen LogP contribution in [0, 0.1) is 12.3 Å². The third-order valence-corrected chi connectivity index (χ3v) is 3.58. The van der Waals surface area contributed by atoms with E-state index in [1.807, 2.05) is 20.8 Å². The van der Waals surface area contributed by atoms with Crippen LogP contribution in [0.5, 0.6) is 0 Å². The summed E-state index contributed by atoms with van der Waals surface area (Å²) in [5.41, 5.74) is 0.531. The molecule has 1 aromatic rings.